The minimum Gasteiger partial charge on any atom is -0.508 e. The molecule has 0 spiro atoms. The second-order valence-electron chi connectivity index (χ2n) is 7.72. The third-order valence-corrected chi connectivity index (χ3v) is 6.26. The molecule has 0 radical (unpaired) electrons. The molecule has 164 valence electrons. The van der Waals surface area contributed by atoms with Crippen LogP contribution in [0.3, 0.4) is 0 Å². The summed E-state index contributed by atoms with van der Waals surface area (Å²) in [5.41, 5.74) is 1.70. The number of nitrogens with zero attached hydrogens (tertiary/aromatic N) is 3. The highest BCUT2D eigenvalue weighted by atomic mass is 32.2. The van der Waals surface area contributed by atoms with Gasteiger partial charge in [0.2, 0.25) is 16.0 Å². The number of ether oxygens (including phenoxy) is 1. The number of anilines is 1. The maximum Gasteiger partial charge on any atom is 0.239 e. The van der Waals surface area contributed by atoms with Crippen LogP contribution in [0.25, 0.3) is 0 Å². The highest BCUT2D eigenvalue weighted by Crippen LogP contribution is 2.38. The lowest BCUT2D eigenvalue weighted by Gasteiger charge is -2.27. The van der Waals surface area contributed by atoms with Crippen LogP contribution in [0.5, 0.6) is 17.2 Å². The molecule has 2 aromatic carbocycles. The van der Waals surface area contributed by atoms with Crippen molar-refractivity contribution in [3.05, 3.63) is 71.5 Å². The molecule has 8 nitrogen and oxygen atoms in total. The van der Waals surface area contributed by atoms with Crippen molar-refractivity contribution in [3.8, 4) is 17.2 Å². The van der Waals surface area contributed by atoms with Gasteiger partial charge in [0.05, 0.1) is 11.9 Å². The van der Waals surface area contributed by atoms with E-state index in [1.165, 1.54) is 19.3 Å². The molecular formula is C22H25N3O5S. The number of hydrogen-bond donors (Lipinski definition) is 2. The molecule has 0 bridgehead atoms. The van der Waals surface area contributed by atoms with E-state index in [0.717, 1.165) is 16.1 Å². The molecule has 0 aliphatic rings. The van der Waals surface area contributed by atoms with E-state index in [0.29, 0.717) is 17.0 Å². The lowest BCUT2D eigenvalue weighted by molar-refractivity contribution is 0.301. The smallest absolute Gasteiger partial charge is 0.239 e. The quantitative estimate of drug-likeness (QED) is 0.577. The molecule has 0 unspecified atom stereocenters. The largest absolute Gasteiger partial charge is 0.508 e. The molecule has 0 fully saturated rings. The Morgan fingerprint density at radius 2 is 1.74 bits per heavy atom. The lowest BCUT2D eigenvalue weighted by atomic mass is 9.77. The minimum absolute atomic E-state index is 0.0106. The van der Waals surface area contributed by atoms with Gasteiger partial charge in [-0.05, 0) is 29.8 Å². The second-order valence-corrected chi connectivity index (χ2v) is 9.73. The Morgan fingerprint density at radius 1 is 1.06 bits per heavy atom. The molecule has 0 aliphatic carbocycles. The monoisotopic (exact) mass is 443 g/mol. The van der Waals surface area contributed by atoms with E-state index in [1.807, 2.05) is 38.1 Å². The SMILES string of the molecule is CN(c1nccc(COc2ccc(C(C)(C)c3ccc(O)cc3O)cc2)n1)S(C)(=O)=O. The maximum atomic E-state index is 11.7. The van der Waals surface area contributed by atoms with Gasteiger partial charge in [0.25, 0.3) is 0 Å². The molecule has 1 aromatic heterocycles. The first-order chi connectivity index (χ1) is 14.5. The summed E-state index contributed by atoms with van der Waals surface area (Å²) in [6.45, 7) is 4.11. The second kappa shape index (κ2) is 8.43. The van der Waals surface area contributed by atoms with Gasteiger partial charge in [-0.15, -0.1) is 0 Å². The summed E-state index contributed by atoms with van der Waals surface area (Å²) in [5, 5.41) is 19.8. The average Bonchev–Trinajstić information content (AvgIpc) is 2.71. The fourth-order valence-corrected chi connectivity index (χ4v) is 3.48. The Bertz CT molecular complexity index is 1180. The number of rotatable bonds is 7. The Labute approximate surface area is 181 Å². The fourth-order valence-electron chi connectivity index (χ4n) is 3.09. The van der Waals surface area contributed by atoms with Crippen molar-refractivity contribution >= 4 is 16.0 Å². The van der Waals surface area contributed by atoms with E-state index in [2.05, 4.69) is 9.97 Å². The molecule has 1 heterocycles. The molecule has 2 N–H and O–H groups in total. The first kappa shape index (κ1) is 22.4. The summed E-state index contributed by atoms with van der Waals surface area (Å²) in [4.78, 5) is 8.21. The third kappa shape index (κ3) is 5.05. The summed E-state index contributed by atoms with van der Waals surface area (Å²) in [7, 11) is -2.06. The van der Waals surface area contributed by atoms with Crippen molar-refractivity contribution in [2.24, 2.45) is 0 Å². The normalized spacial score (nSPS) is 11.9. The van der Waals surface area contributed by atoms with Crippen molar-refractivity contribution < 1.29 is 23.4 Å². The van der Waals surface area contributed by atoms with Crippen LogP contribution in [0.1, 0.15) is 30.7 Å². The number of phenolic OH excluding ortho intramolecular Hbond substituents is 2. The standard InChI is InChI=1S/C22H25N3O5S/c1-22(2,19-10-7-17(26)13-20(19)27)15-5-8-18(9-6-15)30-14-16-11-12-23-21(24-16)25(3)31(4,28)29/h5-13,26-27H,14H2,1-4H3. The summed E-state index contributed by atoms with van der Waals surface area (Å²) in [6, 6.07) is 13.7. The van der Waals surface area contributed by atoms with Crippen LogP contribution in [-0.2, 0) is 22.0 Å². The van der Waals surface area contributed by atoms with Gasteiger partial charge in [0.15, 0.2) is 0 Å². The molecule has 31 heavy (non-hydrogen) atoms. The molecule has 0 atom stereocenters. The Hall–Kier alpha value is -3.33. The van der Waals surface area contributed by atoms with Crippen molar-refractivity contribution in [1.29, 1.82) is 0 Å². The highest BCUT2D eigenvalue weighted by Gasteiger charge is 2.26. The topological polar surface area (TPSA) is 113 Å². The zero-order chi connectivity index (χ0) is 22.8. The zero-order valence-electron chi connectivity index (χ0n) is 17.8. The molecule has 0 aliphatic heterocycles. The summed E-state index contributed by atoms with van der Waals surface area (Å²) >= 11 is 0. The number of phenols is 2. The van der Waals surface area contributed by atoms with Gasteiger partial charge in [-0.25, -0.2) is 22.7 Å². The highest BCUT2D eigenvalue weighted by molar-refractivity contribution is 7.92. The fraction of sp³-hybridized carbons (Fsp3) is 0.273. The maximum absolute atomic E-state index is 11.7. The summed E-state index contributed by atoms with van der Waals surface area (Å²) in [5.74, 6) is 0.737. The van der Waals surface area contributed by atoms with Crippen LogP contribution in [0, 0.1) is 0 Å². The predicted octanol–water partition coefficient (Wildman–Crippen LogP) is 3.19. The average molecular weight is 444 g/mol. The first-order valence-corrected chi connectivity index (χ1v) is 11.3. The molecule has 0 saturated carbocycles. The number of benzene rings is 2. The van der Waals surface area contributed by atoms with E-state index >= 15 is 0 Å². The lowest BCUT2D eigenvalue weighted by Crippen LogP contribution is -2.27. The van der Waals surface area contributed by atoms with E-state index in [1.54, 1.807) is 18.2 Å². The van der Waals surface area contributed by atoms with Gasteiger partial charge in [-0.2, -0.15) is 0 Å². The number of hydrogen-bond acceptors (Lipinski definition) is 7. The van der Waals surface area contributed by atoms with Gasteiger partial charge in [0.1, 0.15) is 23.9 Å². The molecule has 3 aromatic rings. The van der Waals surface area contributed by atoms with E-state index in [4.69, 9.17) is 4.74 Å². The van der Waals surface area contributed by atoms with E-state index in [-0.39, 0.29) is 24.1 Å². The molecule has 0 amide bonds. The van der Waals surface area contributed by atoms with E-state index in [9.17, 15) is 18.6 Å². The van der Waals surface area contributed by atoms with Crippen LogP contribution in [0.15, 0.2) is 54.7 Å². The van der Waals surface area contributed by atoms with E-state index < -0.39 is 15.4 Å². The van der Waals surface area contributed by atoms with Crippen LogP contribution in [-0.4, -0.2) is 41.9 Å². The summed E-state index contributed by atoms with van der Waals surface area (Å²) < 4.78 is 30.1. The van der Waals surface area contributed by atoms with Crippen molar-refractivity contribution in [2.45, 2.75) is 25.9 Å². The Balaban J connectivity index is 1.73. The van der Waals surface area contributed by atoms with Gasteiger partial charge in [-0.1, -0.05) is 32.0 Å². The Morgan fingerprint density at radius 3 is 2.35 bits per heavy atom. The minimum atomic E-state index is -3.45. The molecule has 0 saturated heterocycles. The van der Waals surface area contributed by atoms with Gasteiger partial charge in [-0.3, -0.25) is 0 Å². The molecular weight excluding hydrogens is 418 g/mol. The van der Waals surface area contributed by atoms with Crippen LogP contribution in [0.4, 0.5) is 5.95 Å². The van der Waals surface area contributed by atoms with Crippen LogP contribution >= 0.6 is 0 Å². The summed E-state index contributed by atoms with van der Waals surface area (Å²) in [6.07, 6.45) is 2.57. The molecule has 9 heteroatoms. The van der Waals surface area contributed by atoms with Crippen LogP contribution < -0.4 is 9.04 Å². The first-order valence-electron chi connectivity index (χ1n) is 9.50. The van der Waals surface area contributed by atoms with Gasteiger partial charge >= 0.3 is 0 Å². The van der Waals surface area contributed by atoms with Crippen molar-refractivity contribution in [2.75, 3.05) is 17.6 Å². The number of aromatic nitrogens is 2. The molecule has 3 rings (SSSR count). The zero-order valence-corrected chi connectivity index (χ0v) is 18.6. The Kier molecular flexibility index (Phi) is 6.08. The van der Waals surface area contributed by atoms with Gasteiger partial charge in [0, 0.05) is 30.3 Å². The van der Waals surface area contributed by atoms with Crippen molar-refractivity contribution in [1.82, 2.24) is 9.97 Å². The predicted molar refractivity (Wildman–Crippen MR) is 118 cm³/mol. The number of aromatic hydroxyl groups is 2. The van der Waals surface area contributed by atoms with Crippen LogP contribution in [0.2, 0.25) is 0 Å². The van der Waals surface area contributed by atoms with Crippen molar-refractivity contribution in [3.63, 3.8) is 0 Å². The number of sulfonamides is 1. The van der Waals surface area contributed by atoms with Gasteiger partial charge < -0.3 is 14.9 Å². The third-order valence-electron chi connectivity index (χ3n) is 5.10.